The van der Waals surface area contributed by atoms with Crippen LogP contribution >= 0.6 is 0 Å². The second-order valence-corrected chi connectivity index (χ2v) is 3.24. The van der Waals surface area contributed by atoms with Crippen LogP contribution in [0, 0.1) is 5.82 Å². The summed E-state index contributed by atoms with van der Waals surface area (Å²) in [5.41, 5.74) is 9.57. The largest absolute Gasteiger partial charge is 0.480 e. The molecule has 0 unspecified atom stereocenters. The van der Waals surface area contributed by atoms with E-state index in [9.17, 15) is 9.18 Å². The van der Waals surface area contributed by atoms with Gasteiger partial charge in [0.05, 0.1) is 0 Å². The van der Waals surface area contributed by atoms with Crippen LogP contribution in [0.3, 0.4) is 0 Å². The predicted molar refractivity (Wildman–Crippen MR) is 50.0 cm³/mol. The fourth-order valence-corrected chi connectivity index (χ4v) is 1.09. The lowest BCUT2D eigenvalue weighted by Crippen LogP contribution is -2.42. The van der Waals surface area contributed by atoms with Crippen LogP contribution in [0.2, 0.25) is 0 Å². The van der Waals surface area contributed by atoms with Gasteiger partial charge in [-0.25, -0.2) is 9.18 Å². The number of nitrogen functional groups attached to an aromatic ring is 1. The molecule has 0 saturated carbocycles. The number of carboxylic acid groups (broad SMARTS) is 1. The van der Waals surface area contributed by atoms with Gasteiger partial charge in [-0.3, -0.25) is 0 Å². The third-order valence-corrected chi connectivity index (χ3v) is 2.02. The monoisotopic (exact) mass is 198 g/mol. The van der Waals surface area contributed by atoms with Gasteiger partial charge in [0, 0.05) is 11.3 Å². The molecule has 0 amide bonds. The molecule has 0 aromatic heterocycles. The number of hydrogen-bond donors (Lipinski definition) is 3. The summed E-state index contributed by atoms with van der Waals surface area (Å²) in [7, 11) is 0. The van der Waals surface area contributed by atoms with E-state index in [-0.39, 0.29) is 11.3 Å². The summed E-state index contributed by atoms with van der Waals surface area (Å²) in [6, 6.07) is 3.47. The number of benzene rings is 1. The van der Waals surface area contributed by atoms with E-state index in [1.807, 2.05) is 0 Å². The molecule has 5 heteroatoms. The Kier molecular flexibility index (Phi) is 2.44. The average molecular weight is 198 g/mol. The number of hydrogen-bond acceptors (Lipinski definition) is 3. The standard InChI is InChI=1S/C9H11FN2O2/c1-9(12,8(13)14)6-4-5(10)2-3-7(6)11/h2-4H,11-12H2,1H3,(H,13,14)/t9-/m1/s1. The molecule has 4 nitrogen and oxygen atoms in total. The number of rotatable bonds is 2. The van der Waals surface area contributed by atoms with Gasteiger partial charge in [-0.2, -0.15) is 0 Å². The molecule has 0 aliphatic carbocycles. The number of aliphatic carboxylic acids is 1. The summed E-state index contributed by atoms with van der Waals surface area (Å²) in [6.07, 6.45) is 0. The lowest BCUT2D eigenvalue weighted by atomic mass is 9.92. The van der Waals surface area contributed by atoms with Crippen LogP contribution in [0.4, 0.5) is 10.1 Å². The molecular formula is C9H11FN2O2. The Morgan fingerprint density at radius 2 is 2.14 bits per heavy atom. The fraction of sp³-hybridized carbons (Fsp3) is 0.222. The molecule has 76 valence electrons. The minimum Gasteiger partial charge on any atom is -0.480 e. The SMILES string of the molecule is C[C@](N)(C(=O)O)c1cc(F)ccc1N. The molecule has 1 aromatic carbocycles. The van der Waals surface area contributed by atoms with E-state index in [4.69, 9.17) is 16.6 Å². The van der Waals surface area contributed by atoms with Crippen molar-refractivity contribution in [3.8, 4) is 0 Å². The molecule has 0 fully saturated rings. The molecule has 0 spiro atoms. The van der Waals surface area contributed by atoms with E-state index in [2.05, 4.69) is 0 Å². The fourth-order valence-electron chi connectivity index (χ4n) is 1.09. The third-order valence-electron chi connectivity index (χ3n) is 2.02. The summed E-state index contributed by atoms with van der Waals surface area (Å²) in [6.45, 7) is 1.26. The highest BCUT2D eigenvalue weighted by atomic mass is 19.1. The van der Waals surface area contributed by atoms with Gasteiger partial charge in [-0.05, 0) is 25.1 Å². The number of anilines is 1. The Balaban J connectivity index is 3.31. The van der Waals surface area contributed by atoms with Crippen molar-refractivity contribution in [1.82, 2.24) is 0 Å². The summed E-state index contributed by atoms with van der Waals surface area (Å²) in [4.78, 5) is 10.8. The summed E-state index contributed by atoms with van der Waals surface area (Å²) in [5, 5.41) is 8.81. The zero-order chi connectivity index (χ0) is 10.9. The van der Waals surface area contributed by atoms with Gasteiger partial charge in [0.2, 0.25) is 0 Å². The molecule has 0 bridgehead atoms. The lowest BCUT2D eigenvalue weighted by Gasteiger charge is -2.21. The smallest absolute Gasteiger partial charge is 0.328 e. The van der Waals surface area contributed by atoms with E-state index in [0.717, 1.165) is 12.1 Å². The Morgan fingerprint density at radius 3 is 2.64 bits per heavy atom. The Labute approximate surface area is 80.3 Å². The molecule has 1 atom stereocenters. The van der Waals surface area contributed by atoms with Crippen LogP contribution in [0.1, 0.15) is 12.5 Å². The molecule has 1 rings (SSSR count). The molecule has 14 heavy (non-hydrogen) atoms. The van der Waals surface area contributed by atoms with Crippen molar-refractivity contribution < 1.29 is 14.3 Å². The minimum absolute atomic E-state index is 0.0741. The first-order valence-electron chi connectivity index (χ1n) is 3.93. The Bertz CT molecular complexity index is 377. The van der Waals surface area contributed by atoms with E-state index < -0.39 is 17.3 Å². The first kappa shape index (κ1) is 10.5. The summed E-state index contributed by atoms with van der Waals surface area (Å²) in [5.74, 6) is -1.82. The van der Waals surface area contributed by atoms with E-state index in [1.165, 1.54) is 13.0 Å². The van der Waals surface area contributed by atoms with Crippen LogP contribution in [0.5, 0.6) is 0 Å². The van der Waals surface area contributed by atoms with Crippen LogP contribution < -0.4 is 11.5 Å². The van der Waals surface area contributed by atoms with Gasteiger partial charge in [0.25, 0.3) is 0 Å². The van der Waals surface area contributed by atoms with Gasteiger partial charge >= 0.3 is 5.97 Å². The lowest BCUT2D eigenvalue weighted by molar-refractivity contribution is -0.143. The van der Waals surface area contributed by atoms with Gasteiger partial charge in [0.1, 0.15) is 11.4 Å². The number of halogens is 1. The highest BCUT2D eigenvalue weighted by Gasteiger charge is 2.32. The molecule has 0 saturated heterocycles. The number of carboxylic acids is 1. The minimum atomic E-state index is -1.67. The maximum atomic E-state index is 12.8. The number of carbonyl (C=O) groups is 1. The number of nitrogens with two attached hydrogens (primary N) is 2. The molecule has 0 aliphatic heterocycles. The van der Waals surface area contributed by atoms with E-state index >= 15 is 0 Å². The van der Waals surface area contributed by atoms with Crippen molar-refractivity contribution in [2.45, 2.75) is 12.5 Å². The average Bonchev–Trinajstić information content (AvgIpc) is 2.08. The highest BCUT2D eigenvalue weighted by Crippen LogP contribution is 2.24. The molecule has 0 aliphatic rings. The predicted octanol–water partition coefficient (Wildman–Crippen LogP) is 0.666. The van der Waals surface area contributed by atoms with Gasteiger partial charge < -0.3 is 16.6 Å². The maximum absolute atomic E-state index is 12.8. The van der Waals surface area contributed by atoms with Crippen molar-refractivity contribution >= 4 is 11.7 Å². The van der Waals surface area contributed by atoms with E-state index in [0.29, 0.717) is 0 Å². The molecule has 1 aromatic rings. The van der Waals surface area contributed by atoms with Crippen molar-refractivity contribution in [2.75, 3.05) is 5.73 Å². The quantitative estimate of drug-likeness (QED) is 0.609. The summed E-state index contributed by atoms with van der Waals surface area (Å²) >= 11 is 0. The van der Waals surface area contributed by atoms with Crippen molar-refractivity contribution in [3.63, 3.8) is 0 Å². The van der Waals surface area contributed by atoms with Gasteiger partial charge in [-0.1, -0.05) is 0 Å². The molecule has 0 radical (unpaired) electrons. The highest BCUT2D eigenvalue weighted by molar-refractivity contribution is 5.82. The van der Waals surface area contributed by atoms with Crippen molar-refractivity contribution in [2.24, 2.45) is 5.73 Å². The van der Waals surface area contributed by atoms with Crippen LogP contribution in [0.15, 0.2) is 18.2 Å². The normalized spacial score (nSPS) is 14.8. The zero-order valence-corrected chi connectivity index (χ0v) is 7.62. The van der Waals surface area contributed by atoms with Crippen LogP contribution in [0.25, 0.3) is 0 Å². The molecule has 0 heterocycles. The third kappa shape index (κ3) is 1.67. The second-order valence-electron chi connectivity index (χ2n) is 3.24. The van der Waals surface area contributed by atoms with Crippen molar-refractivity contribution in [3.05, 3.63) is 29.6 Å². The Morgan fingerprint density at radius 1 is 1.57 bits per heavy atom. The second kappa shape index (κ2) is 3.26. The zero-order valence-electron chi connectivity index (χ0n) is 7.62. The maximum Gasteiger partial charge on any atom is 0.328 e. The van der Waals surface area contributed by atoms with Crippen LogP contribution in [-0.2, 0) is 10.3 Å². The topological polar surface area (TPSA) is 89.3 Å². The summed E-state index contributed by atoms with van der Waals surface area (Å²) < 4.78 is 12.8. The Hall–Kier alpha value is -1.62. The van der Waals surface area contributed by atoms with Crippen molar-refractivity contribution in [1.29, 1.82) is 0 Å². The first-order valence-corrected chi connectivity index (χ1v) is 3.93. The first-order chi connectivity index (χ1) is 6.35. The molecule has 5 N–H and O–H groups in total. The van der Waals surface area contributed by atoms with Gasteiger partial charge in [-0.15, -0.1) is 0 Å². The van der Waals surface area contributed by atoms with E-state index in [1.54, 1.807) is 0 Å². The van der Waals surface area contributed by atoms with Crippen LogP contribution in [-0.4, -0.2) is 11.1 Å². The van der Waals surface area contributed by atoms with Gasteiger partial charge in [0.15, 0.2) is 0 Å². The molecular weight excluding hydrogens is 187 g/mol.